The molecule has 0 N–H and O–H groups in total. The largest absolute Gasteiger partial charge is 0.335 e. The fourth-order valence-electron chi connectivity index (χ4n) is 11.3. The van der Waals surface area contributed by atoms with Gasteiger partial charge in [-0.2, -0.15) is 0 Å². The average molecular weight is 861 g/mol. The van der Waals surface area contributed by atoms with Crippen LogP contribution in [0.4, 0.5) is 11.4 Å². The van der Waals surface area contributed by atoms with Gasteiger partial charge in [-0.25, -0.2) is 0 Å². The minimum Gasteiger partial charge on any atom is -0.335 e. The van der Waals surface area contributed by atoms with Crippen LogP contribution in [0.25, 0.3) is 82.8 Å². The molecule has 0 unspecified atom stereocenters. The van der Waals surface area contributed by atoms with Crippen LogP contribution in [0.3, 0.4) is 0 Å². The van der Waals surface area contributed by atoms with Crippen LogP contribution >= 0.6 is 0 Å². The van der Waals surface area contributed by atoms with Crippen molar-refractivity contribution < 1.29 is 0 Å². The van der Waals surface area contributed by atoms with E-state index in [4.69, 9.17) is 0 Å². The Morgan fingerprint density at radius 1 is 0.403 bits per heavy atom. The van der Waals surface area contributed by atoms with E-state index in [2.05, 4.69) is 259 Å². The Morgan fingerprint density at radius 2 is 0.896 bits per heavy atom. The number of aromatic nitrogens is 1. The van der Waals surface area contributed by atoms with Crippen molar-refractivity contribution in [1.29, 1.82) is 0 Å². The van der Waals surface area contributed by atoms with Crippen LogP contribution in [-0.2, 0) is 0 Å². The third-order valence-corrected chi connectivity index (χ3v) is 14.7. The van der Waals surface area contributed by atoms with E-state index in [1.54, 1.807) is 0 Å². The fraction of sp³-hybridized carbons (Fsp3) is 0.108. The van der Waals surface area contributed by atoms with Gasteiger partial charge in [0.2, 0.25) is 0 Å². The summed E-state index contributed by atoms with van der Waals surface area (Å²) in [4.78, 5) is 2.73. The maximum Gasteiger partial charge on any atom is 0.0547 e. The minimum absolute atomic E-state index is 0.150. The summed E-state index contributed by atoms with van der Waals surface area (Å²) in [6, 6.07) is 89.6. The van der Waals surface area contributed by atoms with E-state index in [1.807, 2.05) is 0 Å². The van der Waals surface area contributed by atoms with E-state index in [0.29, 0.717) is 5.92 Å². The summed E-state index contributed by atoms with van der Waals surface area (Å²) in [5, 5.41) is 5.12. The van der Waals surface area contributed by atoms with Crippen LogP contribution in [-0.4, -0.2) is 10.1 Å². The molecule has 2 nitrogen and oxygen atoms in total. The number of fused-ring (bicyclic) bond motifs is 4. The Labute approximate surface area is 394 Å². The summed E-state index contributed by atoms with van der Waals surface area (Å²) in [6.07, 6.45) is 4.36. The summed E-state index contributed by atoms with van der Waals surface area (Å²) >= 11 is 0. The molecule has 1 heterocycles. The number of rotatable bonds is 9. The highest BCUT2D eigenvalue weighted by atomic mass is 15.2. The van der Waals surface area contributed by atoms with Crippen molar-refractivity contribution in [1.82, 2.24) is 4.57 Å². The number of para-hydroxylation sites is 4. The van der Waals surface area contributed by atoms with Crippen LogP contribution in [0.5, 0.6) is 0 Å². The van der Waals surface area contributed by atoms with Gasteiger partial charge in [0, 0.05) is 44.5 Å². The highest BCUT2D eigenvalue weighted by Gasteiger charge is 2.39. The molecule has 10 aromatic carbocycles. The molecule has 322 valence electrons. The highest BCUT2D eigenvalue weighted by molar-refractivity contribution is 6.16. The van der Waals surface area contributed by atoms with E-state index in [-0.39, 0.29) is 5.54 Å². The topological polar surface area (TPSA) is 8.17 Å². The number of hydrogen-bond acceptors (Lipinski definition) is 1. The van der Waals surface area contributed by atoms with E-state index < -0.39 is 0 Å². The lowest BCUT2D eigenvalue weighted by atomic mass is 9.73. The number of nitrogens with zero attached hydrogens (tertiary/aromatic N) is 2. The van der Waals surface area contributed by atoms with Gasteiger partial charge in [0.15, 0.2) is 0 Å². The summed E-state index contributed by atoms with van der Waals surface area (Å²) in [7, 11) is 0. The molecule has 0 radical (unpaired) electrons. The smallest absolute Gasteiger partial charge is 0.0547 e. The molecule has 0 saturated heterocycles. The zero-order chi connectivity index (χ0) is 44.7. The van der Waals surface area contributed by atoms with Gasteiger partial charge < -0.3 is 9.47 Å². The maximum absolute atomic E-state index is 2.73. The Kier molecular flexibility index (Phi) is 10.4. The Balaban J connectivity index is 0.937. The molecule has 1 fully saturated rings. The van der Waals surface area contributed by atoms with Gasteiger partial charge in [-0.15, -0.1) is 0 Å². The summed E-state index contributed by atoms with van der Waals surface area (Å²) in [6.45, 7) is 2.52. The van der Waals surface area contributed by atoms with Gasteiger partial charge in [-0.3, -0.25) is 0 Å². The molecule has 1 aliphatic rings. The highest BCUT2D eigenvalue weighted by Crippen LogP contribution is 2.51. The van der Waals surface area contributed by atoms with E-state index in [0.717, 1.165) is 25.7 Å². The van der Waals surface area contributed by atoms with Crippen LogP contribution in [0.15, 0.2) is 243 Å². The lowest BCUT2D eigenvalue weighted by Gasteiger charge is -2.48. The standard InChI is InChI=1S/C65H52N2/c1-65(43-41-47(42-44-65)46-37-39-50(40-38-46)55-31-17-22-48-21-8-9-27-54(48)55)67(61-34-14-10-28-56(61)49-19-4-2-5-20-49)62-35-15-11-29-57(62)51-23-16-24-52(45-51)58-32-18-36-63-64(58)59-30-12-13-33-60(59)66(63)53-25-6-3-7-26-53/h2-40,45,47H,41-44H2,1H3. The molecule has 1 aromatic heterocycles. The van der Waals surface area contributed by atoms with E-state index in [1.165, 1.54) is 99.7 Å². The molecule has 0 bridgehead atoms. The second-order valence-electron chi connectivity index (χ2n) is 18.6. The van der Waals surface area contributed by atoms with Gasteiger partial charge in [0.25, 0.3) is 0 Å². The van der Waals surface area contributed by atoms with Gasteiger partial charge in [0.05, 0.1) is 11.0 Å². The lowest BCUT2D eigenvalue weighted by Crippen LogP contribution is -2.46. The van der Waals surface area contributed by atoms with Crippen molar-refractivity contribution in [2.45, 2.75) is 44.1 Å². The van der Waals surface area contributed by atoms with Crippen molar-refractivity contribution in [3.05, 3.63) is 248 Å². The first-order chi connectivity index (χ1) is 33.1. The van der Waals surface area contributed by atoms with Gasteiger partial charge in [-0.05, 0) is 131 Å². The van der Waals surface area contributed by atoms with Crippen LogP contribution in [0, 0.1) is 0 Å². The summed E-state index contributed by atoms with van der Waals surface area (Å²) in [5.74, 6) is 0.503. The molecule has 0 spiro atoms. The zero-order valence-corrected chi connectivity index (χ0v) is 37.9. The van der Waals surface area contributed by atoms with Crippen LogP contribution in [0.2, 0.25) is 0 Å². The molecule has 2 heteroatoms. The average Bonchev–Trinajstić information content (AvgIpc) is 3.74. The molecular weight excluding hydrogens is 809 g/mol. The van der Waals surface area contributed by atoms with Crippen molar-refractivity contribution in [2.75, 3.05) is 4.90 Å². The maximum atomic E-state index is 2.73. The Hall–Kier alpha value is -7.94. The molecule has 0 amide bonds. The molecule has 11 aromatic rings. The molecular formula is C65H52N2. The summed E-state index contributed by atoms with van der Waals surface area (Å²) in [5.41, 5.74) is 17.3. The lowest BCUT2D eigenvalue weighted by molar-refractivity contribution is 0.292. The first-order valence-electron chi connectivity index (χ1n) is 23.9. The van der Waals surface area contributed by atoms with Crippen molar-refractivity contribution in [3.8, 4) is 50.2 Å². The Morgan fingerprint density at radius 3 is 1.64 bits per heavy atom. The zero-order valence-electron chi connectivity index (χ0n) is 37.9. The minimum atomic E-state index is -0.150. The molecule has 0 aliphatic heterocycles. The van der Waals surface area contributed by atoms with Gasteiger partial charge in [-0.1, -0.05) is 200 Å². The van der Waals surface area contributed by atoms with E-state index in [9.17, 15) is 0 Å². The second-order valence-corrected chi connectivity index (χ2v) is 18.6. The van der Waals surface area contributed by atoms with Crippen molar-refractivity contribution in [2.24, 2.45) is 0 Å². The number of benzene rings is 10. The SMILES string of the molecule is CC1(N(c2ccccc2-c2ccccc2)c2ccccc2-c2cccc(-c3cccc4c3c3ccccc3n4-c3ccccc3)c2)CCC(c2ccc(-c3cccc4ccccc34)cc2)CC1. The molecule has 0 atom stereocenters. The second kappa shape index (κ2) is 17.1. The first-order valence-corrected chi connectivity index (χ1v) is 23.9. The molecule has 1 aliphatic carbocycles. The number of anilines is 2. The van der Waals surface area contributed by atoms with Gasteiger partial charge in [0.1, 0.15) is 0 Å². The normalized spacial score (nSPS) is 16.1. The van der Waals surface area contributed by atoms with Gasteiger partial charge >= 0.3 is 0 Å². The third-order valence-electron chi connectivity index (χ3n) is 14.7. The van der Waals surface area contributed by atoms with E-state index >= 15 is 0 Å². The molecule has 1 saturated carbocycles. The fourth-order valence-corrected chi connectivity index (χ4v) is 11.3. The quantitative estimate of drug-likeness (QED) is 0.140. The molecule has 12 rings (SSSR count). The summed E-state index contributed by atoms with van der Waals surface area (Å²) < 4.78 is 2.41. The molecule has 67 heavy (non-hydrogen) atoms. The first kappa shape index (κ1) is 40.6. The van der Waals surface area contributed by atoms with Crippen LogP contribution in [0.1, 0.15) is 44.1 Å². The Bertz CT molecular complexity index is 3530. The predicted molar refractivity (Wildman–Crippen MR) is 285 cm³/mol. The van der Waals surface area contributed by atoms with Crippen LogP contribution < -0.4 is 4.90 Å². The van der Waals surface area contributed by atoms with Crippen molar-refractivity contribution >= 4 is 44.0 Å². The predicted octanol–water partition coefficient (Wildman–Crippen LogP) is 17.9. The third kappa shape index (κ3) is 7.30. The number of hydrogen-bond donors (Lipinski definition) is 0. The monoisotopic (exact) mass is 860 g/mol. The van der Waals surface area contributed by atoms with Crippen molar-refractivity contribution in [3.63, 3.8) is 0 Å².